The van der Waals surface area contributed by atoms with Gasteiger partial charge in [-0.15, -0.1) is 16.4 Å². The number of thiazole rings is 1. The van der Waals surface area contributed by atoms with Gasteiger partial charge in [-0.3, -0.25) is 14.6 Å². The van der Waals surface area contributed by atoms with E-state index in [2.05, 4.69) is 54.7 Å². The topological polar surface area (TPSA) is 149 Å². The minimum Gasteiger partial charge on any atom is -0.487 e. The van der Waals surface area contributed by atoms with E-state index in [0.717, 1.165) is 50.6 Å². The van der Waals surface area contributed by atoms with Crippen molar-refractivity contribution in [2.45, 2.75) is 37.4 Å². The van der Waals surface area contributed by atoms with Crippen molar-refractivity contribution in [2.75, 3.05) is 39.3 Å². The molecule has 2 aromatic carbocycles. The Labute approximate surface area is 249 Å². The van der Waals surface area contributed by atoms with Crippen LogP contribution in [0.25, 0.3) is 10.2 Å². The maximum atomic E-state index is 13.2. The standard InChI is InChI=1S/C28H36N8O4S2/c1-20(2)26(27(37)30-10-11-34-12-14-35(15-13-34)17-21-6-4-3-5-7-21)36-18-22(32-33-36)19-40-23-8-9-24-25(16-23)41-28(31-24)42(29,38)39/h3-9,16,18,20,26H,10-15,17,19H2,1-2H3,(H,30,37)(H2,29,38,39). The normalized spacial score (nSPS) is 15.7. The Morgan fingerprint density at radius 2 is 1.83 bits per heavy atom. The number of nitrogens with two attached hydrogens (primary N) is 1. The second-order valence-electron chi connectivity index (χ2n) is 10.7. The molecule has 1 amide bonds. The molecule has 0 bridgehead atoms. The van der Waals surface area contributed by atoms with Gasteiger partial charge in [-0.05, 0) is 29.7 Å². The van der Waals surface area contributed by atoms with Gasteiger partial charge in [-0.1, -0.05) is 49.4 Å². The van der Waals surface area contributed by atoms with Crippen LogP contribution in [0.2, 0.25) is 0 Å². The SMILES string of the molecule is CC(C)C(C(=O)NCCN1CCN(Cc2ccccc2)CC1)n1cc(COc2ccc3nc(S(N)(=O)=O)sc3c2)nn1. The second kappa shape index (κ2) is 13.3. The van der Waals surface area contributed by atoms with E-state index < -0.39 is 16.1 Å². The number of ether oxygens (including phenoxy) is 1. The van der Waals surface area contributed by atoms with Gasteiger partial charge in [-0.25, -0.2) is 23.2 Å². The summed E-state index contributed by atoms with van der Waals surface area (Å²) in [5.74, 6) is 0.441. The average molecular weight is 613 g/mol. The van der Waals surface area contributed by atoms with Crippen LogP contribution in [0, 0.1) is 5.92 Å². The molecule has 3 N–H and O–H groups in total. The number of hydrogen-bond donors (Lipinski definition) is 2. The van der Waals surface area contributed by atoms with E-state index in [9.17, 15) is 13.2 Å². The van der Waals surface area contributed by atoms with E-state index in [1.807, 2.05) is 19.9 Å². The Hall–Kier alpha value is -3.43. The summed E-state index contributed by atoms with van der Waals surface area (Å²) in [5, 5.41) is 16.7. The van der Waals surface area contributed by atoms with Gasteiger partial charge in [0.05, 0.1) is 16.4 Å². The van der Waals surface area contributed by atoms with Crippen LogP contribution in [0.4, 0.5) is 0 Å². The van der Waals surface area contributed by atoms with Crippen LogP contribution in [0.15, 0.2) is 59.1 Å². The highest BCUT2D eigenvalue weighted by Crippen LogP contribution is 2.28. The van der Waals surface area contributed by atoms with Crippen LogP contribution in [0.1, 0.15) is 31.1 Å². The molecule has 1 aliphatic heterocycles. The fraction of sp³-hybridized carbons (Fsp3) is 0.429. The highest BCUT2D eigenvalue weighted by Gasteiger charge is 2.26. The third-order valence-electron chi connectivity index (χ3n) is 7.15. The third kappa shape index (κ3) is 7.69. The number of aromatic nitrogens is 4. The van der Waals surface area contributed by atoms with E-state index in [1.54, 1.807) is 29.1 Å². The van der Waals surface area contributed by atoms with Gasteiger partial charge in [0.1, 0.15) is 24.1 Å². The summed E-state index contributed by atoms with van der Waals surface area (Å²) < 4.78 is 31.1. The van der Waals surface area contributed by atoms with Crippen molar-refractivity contribution >= 4 is 37.5 Å². The van der Waals surface area contributed by atoms with Crippen LogP contribution in [0.5, 0.6) is 5.75 Å². The van der Waals surface area contributed by atoms with Crippen LogP contribution < -0.4 is 15.2 Å². The molecule has 0 spiro atoms. The summed E-state index contributed by atoms with van der Waals surface area (Å²) in [6.07, 6.45) is 1.72. The van der Waals surface area contributed by atoms with Gasteiger partial charge < -0.3 is 10.1 Å². The molecule has 0 aliphatic carbocycles. The first-order valence-electron chi connectivity index (χ1n) is 13.9. The fourth-order valence-corrected chi connectivity index (χ4v) is 6.64. The molecule has 3 heterocycles. The zero-order valence-electron chi connectivity index (χ0n) is 23.7. The number of nitrogens with one attached hydrogen (secondary N) is 1. The lowest BCUT2D eigenvalue weighted by Crippen LogP contribution is -2.48. The molecule has 0 saturated carbocycles. The molecular formula is C28H36N8O4S2. The average Bonchev–Trinajstić information content (AvgIpc) is 3.60. The molecule has 0 radical (unpaired) electrons. The molecule has 42 heavy (non-hydrogen) atoms. The first kappa shape index (κ1) is 30.0. The number of nitrogens with zero attached hydrogens (tertiary/aromatic N) is 6. The second-order valence-corrected chi connectivity index (χ2v) is 13.5. The number of rotatable bonds is 12. The summed E-state index contributed by atoms with van der Waals surface area (Å²) >= 11 is 0.984. The van der Waals surface area contributed by atoms with Crippen molar-refractivity contribution < 1.29 is 17.9 Å². The van der Waals surface area contributed by atoms with Crippen molar-refractivity contribution in [1.29, 1.82) is 0 Å². The maximum absolute atomic E-state index is 13.2. The Kier molecular flexibility index (Phi) is 9.48. The highest BCUT2D eigenvalue weighted by atomic mass is 32.2. The summed E-state index contributed by atoms with van der Waals surface area (Å²) in [4.78, 5) is 22.0. The van der Waals surface area contributed by atoms with E-state index in [1.165, 1.54) is 5.56 Å². The molecule has 2 aromatic heterocycles. The van der Waals surface area contributed by atoms with Crippen molar-refractivity contribution in [2.24, 2.45) is 11.1 Å². The van der Waals surface area contributed by atoms with Gasteiger partial charge in [0.25, 0.3) is 10.0 Å². The lowest BCUT2D eigenvalue weighted by atomic mass is 10.0. The lowest BCUT2D eigenvalue weighted by molar-refractivity contribution is -0.126. The Morgan fingerprint density at radius 3 is 2.55 bits per heavy atom. The van der Waals surface area contributed by atoms with Gasteiger partial charge in [0.15, 0.2) is 0 Å². The lowest BCUT2D eigenvalue weighted by Gasteiger charge is -2.34. The van der Waals surface area contributed by atoms with E-state index in [-0.39, 0.29) is 22.8 Å². The number of primary sulfonamides is 1. The van der Waals surface area contributed by atoms with Crippen LogP contribution in [0.3, 0.4) is 0 Å². The molecule has 1 aliphatic rings. The van der Waals surface area contributed by atoms with Crippen molar-refractivity contribution in [1.82, 2.24) is 35.1 Å². The number of hydrogen-bond acceptors (Lipinski definition) is 10. The Bertz CT molecular complexity index is 1600. The van der Waals surface area contributed by atoms with Crippen molar-refractivity contribution in [3.63, 3.8) is 0 Å². The van der Waals surface area contributed by atoms with E-state index >= 15 is 0 Å². The molecule has 1 unspecified atom stereocenters. The summed E-state index contributed by atoms with van der Waals surface area (Å²) in [6, 6.07) is 15.1. The number of amides is 1. The quantitative estimate of drug-likeness (QED) is 0.246. The fourth-order valence-electron chi connectivity index (χ4n) is 4.95. The van der Waals surface area contributed by atoms with Crippen LogP contribution in [-0.4, -0.2) is 83.4 Å². The molecule has 1 atom stereocenters. The Balaban J connectivity index is 1.09. The zero-order valence-corrected chi connectivity index (χ0v) is 25.4. The predicted molar refractivity (Wildman–Crippen MR) is 160 cm³/mol. The van der Waals surface area contributed by atoms with Gasteiger partial charge in [0.2, 0.25) is 10.2 Å². The first-order valence-corrected chi connectivity index (χ1v) is 16.3. The molecule has 4 aromatic rings. The smallest absolute Gasteiger partial charge is 0.265 e. The number of carbonyl (C=O) groups excluding carboxylic acids is 1. The molecule has 1 saturated heterocycles. The highest BCUT2D eigenvalue weighted by molar-refractivity contribution is 7.91. The molecule has 5 rings (SSSR count). The van der Waals surface area contributed by atoms with E-state index in [0.29, 0.717) is 28.2 Å². The van der Waals surface area contributed by atoms with E-state index in [4.69, 9.17) is 9.88 Å². The van der Waals surface area contributed by atoms with Crippen LogP contribution >= 0.6 is 11.3 Å². The molecule has 1 fully saturated rings. The number of piperazine rings is 1. The van der Waals surface area contributed by atoms with Crippen LogP contribution in [-0.2, 0) is 28.0 Å². The third-order valence-corrected chi connectivity index (χ3v) is 9.49. The number of fused-ring (bicyclic) bond motifs is 1. The minimum absolute atomic E-state index is 0.00348. The summed E-state index contributed by atoms with van der Waals surface area (Å²) in [7, 11) is -3.87. The maximum Gasteiger partial charge on any atom is 0.265 e. The van der Waals surface area contributed by atoms with Gasteiger partial charge in [0, 0.05) is 45.8 Å². The Morgan fingerprint density at radius 1 is 1.10 bits per heavy atom. The number of sulfonamides is 1. The molecule has 12 nitrogen and oxygen atoms in total. The largest absolute Gasteiger partial charge is 0.487 e. The zero-order chi connectivity index (χ0) is 29.7. The number of benzene rings is 2. The molecule has 224 valence electrons. The van der Waals surface area contributed by atoms with Crippen molar-refractivity contribution in [3.05, 3.63) is 66.0 Å². The minimum atomic E-state index is -3.87. The molecular weight excluding hydrogens is 576 g/mol. The van der Waals surface area contributed by atoms with Gasteiger partial charge in [-0.2, -0.15) is 0 Å². The number of carbonyl (C=O) groups is 1. The van der Waals surface area contributed by atoms with Crippen molar-refractivity contribution in [3.8, 4) is 5.75 Å². The monoisotopic (exact) mass is 612 g/mol. The molecule has 14 heteroatoms. The first-order chi connectivity index (χ1) is 20.2. The van der Waals surface area contributed by atoms with Gasteiger partial charge >= 0.3 is 0 Å². The predicted octanol–water partition coefficient (Wildman–Crippen LogP) is 2.25. The summed E-state index contributed by atoms with van der Waals surface area (Å²) in [6.45, 7) is 10.4. The summed E-state index contributed by atoms with van der Waals surface area (Å²) in [5.41, 5.74) is 2.43.